The number of nitrogens with one attached hydrogen (secondary N) is 1. The van der Waals surface area contributed by atoms with E-state index in [1.807, 2.05) is 0 Å². The summed E-state index contributed by atoms with van der Waals surface area (Å²) in [6.07, 6.45) is -3.22. The number of carbonyl (C=O) groups excluding carboxylic acids is 1. The third-order valence-electron chi connectivity index (χ3n) is 2.66. The lowest BCUT2D eigenvalue weighted by atomic mass is 10.1. The molecule has 0 aliphatic rings. The van der Waals surface area contributed by atoms with Crippen molar-refractivity contribution in [3.05, 3.63) is 23.8 Å². The van der Waals surface area contributed by atoms with Gasteiger partial charge >= 0.3 is 6.18 Å². The average Bonchev–Trinajstić information content (AvgIpc) is 2.30. The summed E-state index contributed by atoms with van der Waals surface area (Å²) in [4.78, 5) is 11.6. The van der Waals surface area contributed by atoms with Gasteiger partial charge in [0.25, 0.3) is 0 Å². The zero-order valence-electron chi connectivity index (χ0n) is 11.0. The van der Waals surface area contributed by atoms with E-state index in [4.69, 9.17) is 5.73 Å². The summed E-state index contributed by atoms with van der Waals surface area (Å²) < 4.78 is 37.6. The highest BCUT2D eigenvalue weighted by Gasteiger charge is 2.31. The van der Waals surface area contributed by atoms with Crippen LogP contribution in [0.4, 0.5) is 18.9 Å². The van der Waals surface area contributed by atoms with Crippen LogP contribution in [0.5, 0.6) is 5.75 Å². The summed E-state index contributed by atoms with van der Waals surface area (Å²) in [6.45, 7) is 1.80. The number of phenolic OH excluding ortho intramolecular Hbond substituents is 1. The van der Waals surface area contributed by atoms with E-state index in [0.717, 1.165) is 12.1 Å². The molecule has 4 N–H and O–H groups in total. The van der Waals surface area contributed by atoms with Gasteiger partial charge in [0, 0.05) is 12.5 Å². The molecule has 0 fully saturated rings. The van der Waals surface area contributed by atoms with Crippen LogP contribution in [-0.4, -0.2) is 17.1 Å². The molecule has 0 saturated carbocycles. The molecule has 20 heavy (non-hydrogen) atoms. The van der Waals surface area contributed by atoms with E-state index in [9.17, 15) is 23.1 Å². The minimum absolute atomic E-state index is 0.0373. The maximum atomic E-state index is 12.5. The quantitative estimate of drug-likeness (QED) is 0.730. The number of anilines is 1. The second-order valence-electron chi connectivity index (χ2n) is 4.65. The van der Waals surface area contributed by atoms with Gasteiger partial charge in [0.15, 0.2) is 0 Å². The average molecular weight is 290 g/mol. The number of phenols is 1. The Labute approximate surface area is 114 Å². The molecular formula is C13H17F3N2O2. The van der Waals surface area contributed by atoms with E-state index in [-0.39, 0.29) is 18.2 Å². The van der Waals surface area contributed by atoms with Gasteiger partial charge in [-0.3, -0.25) is 4.79 Å². The molecule has 1 rings (SSSR count). The number of hydrogen-bond donors (Lipinski definition) is 3. The molecule has 7 heteroatoms. The Hall–Kier alpha value is -1.76. The number of aromatic hydroxyl groups is 1. The highest BCUT2D eigenvalue weighted by Crippen LogP contribution is 2.34. The molecule has 0 aliphatic carbocycles. The van der Waals surface area contributed by atoms with Gasteiger partial charge in [-0.05, 0) is 38.0 Å². The maximum absolute atomic E-state index is 12.5. The van der Waals surface area contributed by atoms with Crippen LogP contribution in [0.25, 0.3) is 0 Å². The SMILES string of the molecule is CC(N)CCCC(=O)Nc1cc(C(F)(F)F)ccc1O. The smallest absolute Gasteiger partial charge is 0.416 e. The summed E-state index contributed by atoms with van der Waals surface area (Å²) >= 11 is 0. The van der Waals surface area contributed by atoms with E-state index < -0.39 is 23.4 Å². The fourth-order valence-electron chi connectivity index (χ4n) is 1.61. The van der Waals surface area contributed by atoms with Gasteiger partial charge in [-0.2, -0.15) is 13.2 Å². The number of rotatable bonds is 5. The van der Waals surface area contributed by atoms with Crippen LogP contribution in [0.2, 0.25) is 0 Å². The number of halogens is 3. The van der Waals surface area contributed by atoms with E-state index in [1.54, 1.807) is 6.92 Å². The highest BCUT2D eigenvalue weighted by molar-refractivity contribution is 5.92. The Balaban J connectivity index is 2.69. The van der Waals surface area contributed by atoms with Crippen LogP contribution in [0, 0.1) is 0 Å². The van der Waals surface area contributed by atoms with E-state index >= 15 is 0 Å². The molecule has 0 aromatic heterocycles. The van der Waals surface area contributed by atoms with Gasteiger partial charge in [0.1, 0.15) is 5.75 Å². The standard InChI is InChI=1S/C13H17F3N2O2/c1-8(17)3-2-4-12(20)18-10-7-9(13(14,15)16)5-6-11(10)19/h5-8,19H,2-4,17H2,1H3,(H,18,20). The molecule has 4 nitrogen and oxygen atoms in total. The minimum atomic E-state index is -4.53. The highest BCUT2D eigenvalue weighted by atomic mass is 19.4. The summed E-state index contributed by atoms with van der Waals surface area (Å²) in [5.41, 5.74) is 4.35. The molecule has 0 radical (unpaired) electrons. The predicted octanol–water partition coefficient (Wildman–Crippen LogP) is 2.87. The van der Waals surface area contributed by atoms with E-state index in [1.165, 1.54) is 0 Å². The number of hydrogen-bond acceptors (Lipinski definition) is 3. The van der Waals surface area contributed by atoms with Gasteiger partial charge in [-0.15, -0.1) is 0 Å². The lowest BCUT2D eigenvalue weighted by Gasteiger charge is -2.12. The summed E-state index contributed by atoms with van der Waals surface area (Å²) in [5, 5.41) is 11.7. The molecule has 0 saturated heterocycles. The van der Waals surface area contributed by atoms with Crippen molar-refractivity contribution in [1.29, 1.82) is 0 Å². The van der Waals surface area contributed by atoms with Crippen molar-refractivity contribution in [2.24, 2.45) is 5.73 Å². The molecule has 1 aromatic carbocycles. The second-order valence-corrected chi connectivity index (χ2v) is 4.65. The zero-order valence-corrected chi connectivity index (χ0v) is 11.0. The van der Waals surface area contributed by atoms with Gasteiger partial charge in [0.2, 0.25) is 5.91 Å². The summed E-state index contributed by atoms with van der Waals surface area (Å²) in [5.74, 6) is -0.862. The molecule has 1 atom stereocenters. The zero-order chi connectivity index (χ0) is 15.3. The predicted molar refractivity (Wildman–Crippen MR) is 69.2 cm³/mol. The van der Waals surface area contributed by atoms with Gasteiger partial charge in [0.05, 0.1) is 11.3 Å². The van der Waals surface area contributed by atoms with Crippen LogP contribution >= 0.6 is 0 Å². The lowest BCUT2D eigenvalue weighted by molar-refractivity contribution is -0.137. The second kappa shape index (κ2) is 6.60. The third kappa shape index (κ3) is 5.08. The van der Waals surface area contributed by atoms with Crippen molar-refractivity contribution in [3.63, 3.8) is 0 Å². The van der Waals surface area contributed by atoms with Gasteiger partial charge < -0.3 is 16.2 Å². The van der Waals surface area contributed by atoms with E-state index in [0.29, 0.717) is 18.9 Å². The Bertz CT molecular complexity index is 473. The molecule has 0 heterocycles. The van der Waals surface area contributed by atoms with Crippen molar-refractivity contribution in [2.45, 2.75) is 38.4 Å². The van der Waals surface area contributed by atoms with Crippen LogP contribution in [0.15, 0.2) is 18.2 Å². The topological polar surface area (TPSA) is 75.4 Å². The largest absolute Gasteiger partial charge is 0.506 e. The Morgan fingerprint density at radius 2 is 2.10 bits per heavy atom. The first kappa shape index (κ1) is 16.3. The molecule has 1 unspecified atom stereocenters. The number of nitrogens with two attached hydrogens (primary N) is 1. The normalized spacial score (nSPS) is 13.1. The first-order valence-corrected chi connectivity index (χ1v) is 6.16. The summed E-state index contributed by atoms with van der Waals surface area (Å²) in [7, 11) is 0. The van der Waals surface area contributed by atoms with Crippen molar-refractivity contribution >= 4 is 11.6 Å². The van der Waals surface area contributed by atoms with Crippen LogP contribution in [0.1, 0.15) is 31.7 Å². The number of benzene rings is 1. The monoisotopic (exact) mass is 290 g/mol. The Morgan fingerprint density at radius 3 is 2.65 bits per heavy atom. The molecule has 0 spiro atoms. The van der Waals surface area contributed by atoms with E-state index in [2.05, 4.69) is 5.32 Å². The first-order valence-electron chi connectivity index (χ1n) is 6.16. The number of alkyl halides is 3. The van der Waals surface area contributed by atoms with Crippen molar-refractivity contribution in [1.82, 2.24) is 0 Å². The fraction of sp³-hybridized carbons (Fsp3) is 0.462. The third-order valence-corrected chi connectivity index (χ3v) is 2.66. The first-order chi connectivity index (χ1) is 9.20. The Morgan fingerprint density at radius 1 is 1.45 bits per heavy atom. The Kier molecular flexibility index (Phi) is 5.38. The molecule has 1 aromatic rings. The van der Waals surface area contributed by atoms with Gasteiger partial charge in [-0.25, -0.2) is 0 Å². The van der Waals surface area contributed by atoms with Gasteiger partial charge in [-0.1, -0.05) is 0 Å². The van der Waals surface area contributed by atoms with Crippen molar-refractivity contribution < 1.29 is 23.1 Å². The summed E-state index contributed by atoms with van der Waals surface area (Å²) in [6, 6.07) is 2.32. The van der Waals surface area contributed by atoms with Crippen LogP contribution < -0.4 is 11.1 Å². The lowest BCUT2D eigenvalue weighted by Crippen LogP contribution is -2.17. The molecular weight excluding hydrogens is 273 g/mol. The van der Waals surface area contributed by atoms with Crippen molar-refractivity contribution in [3.8, 4) is 5.75 Å². The maximum Gasteiger partial charge on any atom is 0.416 e. The molecule has 0 aliphatic heterocycles. The number of amides is 1. The van der Waals surface area contributed by atoms with Crippen LogP contribution in [-0.2, 0) is 11.0 Å². The molecule has 1 amide bonds. The fourth-order valence-corrected chi connectivity index (χ4v) is 1.61. The number of carbonyl (C=O) groups is 1. The minimum Gasteiger partial charge on any atom is -0.506 e. The van der Waals surface area contributed by atoms with Crippen LogP contribution in [0.3, 0.4) is 0 Å². The molecule has 112 valence electrons. The molecule has 0 bridgehead atoms. The van der Waals surface area contributed by atoms with Crippen molar-refractivity contribution in [2.75, 3.05) is 5.32 Å².